The van der Waals surface area contributed by atoms with E-state index >= 15 is 0 Å². The Balaban J connectivity index is 2.20. The van der Waals surface area contributed by atoms with E-state index in [0.29, 0.717) is 11.1 Å². The molecule has 2 rings (SSSR count). The van der Waals surface area contributed by atoms with Crippen molar-refractivity contribution in [2.45, 2.75) is 6.92 Å². The lowest BCUT2D eigenvalue weighted by Crippen LogP contribution is -2.01. The zero-order chi connectivity index (χ0) is 16.1. The van der Waals surface area contributed by atoms with Gasteiger partial charge in [0.1, 0.15) is 0 Å². The number of carboxylic acids is 1. The van der Waals surface area contributed by atoms with Crippen LogP contribution in [0, 0.1) is 0 Å². The maximum absolute atomic E-state index is 12.4. The van der Waals surface area contributed by atoms with E-state index in [-0.39, 0.29) is 11.4 Å². The second kappa shape index (κ2) is 6.68. The maximum atomic E-state index is 12.4. The summed E-state index contributed by atoms with van der Waals surface area (Å²) in [5.74, 6) is -1.10. The van der Waals surface area contributed by atoms with Gasteiger partial charge in [0.25, 0.3) is 0 Å². The molecule has 0 bridgehead atoms. The molecule has 110 valence electrons. The molecule has 0 unspecified atom stereocenters. The Bertz CT molecular complexity index is 738. The smallest absolute Gasteiger partial charge is 0.331 e. The quantitative estimate of drug-likeness (QED) is 0.667. The molecule has 3 heteroatoms. The molecule has 0 aliphatic rings. The number of hydrogen-bond donors (Lipinski definition) is 1. The van der Waals surface area contributed by atoms with Crippen LogP contribution in [0.25, 0.3) is 11.6 Å². The molecule has 0 fully saturated rings. The molecule has 0 aliphatic heterocycles. The Labute approximate surface area is 129 Å². The van der Waals surface area contributed by atoms with E-state index in [1.165, 1.54) is 6.92 Å². The Morgan fingerprint density at radius 2 is 1.55 bits per heavy atom. The van der Waals surface area contributed by atoms with Crippen LogP contribution in [-0.4, -0.2) is 16.9 Å². The average Bonchev–Trinajstić information content (AvgIpc) is 2.55. The van der Waals surface area contributed by atoms with Crippen LogP contribution in [-0.2, 0) is 4.79 Å². The number of ketones is 1. The lowest BCUT2D eigenvalue weighted by Gasteiger charge is -2.05. The van der Waals surface area contributed by atoms with Gasteiger partial charge in [0.15, 0.2) is 5.78 Å². The molecular weight excluding hydrogens is 276 g/mol. The summed E-state index contributed by atoms with van der Waals surface area (Å²) in [6.45, 7) is 5.38. The summed E-state index contributed by atoms with van der Waals surface area (Å²) in [7, 11) is 0. The number of Topliss-reactive ketones (excluding diaryl/α,β-unsaturated/α-hetero) is 1. The average molecular weight is 292 g/mol. The molecule has 22 heavy (non-hydrogen) atoms. The maximum Gasteiger partial charge on any atom is 0.331 e. The predicted octanol–water partition coefficient (Wildman–Crippen LogP) is 4.07. The van der Waals surface area contributed by atoms with Crippen LogP contribution in [0.2, 0.25) is 0 Å². The van der Waals surface area contributed by atoms with Crippen LogP contribution in [0.15, 0.2) is 66.7 Å². The van der Waals surface area contributed by atoms with Gasteiger partial charge in [-0.15, -0.1) is 0 Å². The topological polar surface area (TPSA) is 54.4 Å². The Morgan fingerprint density at radius 1 is 0.955 bits per heavy atom. The van der Waals surface area contributed by atoms with Gasteiger partial charge in [-0.05, 0) is 24.1 Å². The molecular formula is C19H16O3. The highest BCUT2D eigenvalue weighted by atomic mass is 16.4. The molecule has 0 saturated heterocycles. The number of benzene rings is 2. The Kier molecular flexibility index (Phi) is 4.69. The standard InChI is InChI=1S/C19H16O3/c1-13(19(21)22)12-15-8-10-17(11-9-15)18(20)14(2)16-6-4-3-5-7-16/h3-12H,2H2,1H3,(H,21,22). The molecule has 2 aromatic rings. The molecule has 0 amide bonds. The summed E-state index contributed by atoms with van der Waals surface area (Å²) < 4.78 is 0. The zero-order valence-corrected chi connectivity index (χ0v) is 12.2. The van der Waals surface area contributed by atoms with Crippen LogP contribution in [0.3, 0.4) is 0 Å². The van der Waals surface area contributed by atoms with Crippen LogP contribution >= 0.6 is 0 Å². The zero-order valence-electron chi connectivity index (χ0n) is 12.2. The molecule has 0 saturated carbocycles. The second-order valence-electron chi connectivity index (χ2n) is 4.93. The molecule has 0 aromatic heterocycles. The van der Waals surface area contributed by atoms with Crippen molar-refractivity contribution < 1.29 is 14.7 Å². The van der Waals surface area contributed by atoms with Crippen LogP contribution in [0.5, 0.6) is 0 Å². The highest BCUT2D eigenvalue weighted by Gasteiger charge is 2.11. The highest BCUT2D eigenvalue weighted by molar-refractivity contribution is 6.28. The van der Waals surface area contributed by atoms with E-state index in [1.807, 2.05) is 30.3 Å². The van der Waals surface area contributed by atoms with Crippen molar-refractivity contribution in [3.05, 3.63) is 83.4 Å². The van der Waals surface area contributed by atoms with Crippen molar-refractivity contribution >= 4 is 23.4 Å². The summed E-state index contributed by atoms with van der Waals surface area (Å²) in [5.41, 5.74) is 2.73. The van der Waals surface area contributed by atoms with Crippen molar-refractivity contribution in [2.24, 2.45) is 0 Å². The number of hydrogen-bond acceptors (Lipinski definition) is 2. The molecule has 0 spiro atoms. The van der Waals surface area contributed by atoms with Crippen molar-refractivity contribution in [3.8, 4) is 0 Å². The fraction of sp³-hybridized carbons (Fsp3) is 0.0526. The van der Waals surface area contributed by atoms with Gasteiger partial charge < -0.3 is 5.11 Å². The van der Waals surface area contributed by atoms with Gasteiger partial charge in [0.05, 0.1) is 0 Å². The van der Waals surface area contributed by atoms with Gasteiger partial charge in [-0.25, -0.2) is 4.79 Å². The van der Waals surface area contributed by atoms with Crippen LogP contribution < -0.4 is 0 Å². The molecule has 0 atom stereocenters. The summed E-state index contributed by atoms with van der Waals surface area (Å²) >= 11 is 0. The van der Waals surface area contributed by atoms with E-state index in [0.717, 1.165) is 11.1 Å². The number of aliphatic carboxylic acids is 1. The first-order chi connectivity index (χ1) is 10.5. The van der Waals surface area contributed by atoms with Gasteiger partial charge in [-0.3, -0.25) is 4.79 Å². The third-order valence-electron chi connectivity index (χ3n) is 3.29. The number of rotatable bonds is 5. The Morgan fingerprint density at radius 3 is 2.09 bits per heavy atom. The fourth-order valence-corrected chi connectivity index (χ4v) is 1.99. The first kappa shape index (κ1) is 15.4. The minimum atomic E-state index is -0.961. The van der Waals surface area contributed by atoms with Crippen molar-refractivity contribution in [2.75, 3.05) is 0 Å². The third kappa shape index (κ3) is 3.58. The molecule has 1 N–H and O–H groups in total. The minimum absolute atomic E-state index is 0.142. The number of allylic oxidation sites excluding steroid dienone is 1. The number of carbonyl (C=O) groups is 2. The van der Waals surface area contributed by atoms with E-state index in [1.54, 1.807) is 30.3 Å². The molecule has 3 nitrogen and oxygen atoms in total. The highest BCUT2D eigenvalue weighted by Crippen LogP contribution is 2.18. The Hall–Kier alpha value is -2.94. The summed E-state index contributed by atoms with van der Waals surface area (Å²) in [6, 6.07) is 16.1. The molecule has 0 aliphatic carbocycles. The number of carbonyl (C=O) groups excluding carboxylic acids is 1. The first-order valence-corrected chi connectivity index (χ1v) is 6.79. The largest absolute Gasteiger partial charge is 0.478 e. The summed E-state index contributed by atoms with van der Waals surface area (Å²) in [4.78, 5) is 23.2. The predicted molar refractivity (Wildman–Crippen MR) is 87.5 cm³/mol. The molecule has 0 radical (unpaired) electrons. The van der Waals surface area contributed by atoms with E-state index in [9.17, 15) is 9.59 Å². The van der Waals surface area contributed by atoms with Gasteiger partial charge in [0, 0.05) is 16.7 Å². The summed E-state index contributed by atoms with van der Waals surface area (Å²) in [5, 5.41) is 8.85. The van der Waals surface area contributed by atoms with Crippen LogP contribution in [0.4, 0.5) is 0 Å². The third-order valence-corrected chi connectivity index (χ3v) is 3.29. The van der Waals surface area contributed by atoms with Gasteiger partial charge >= 0.3 is 5.97 Å². The molecule has 2 aromatic carbocycles. The monoisotopic (exact) mass is 292 g/mol. The minimum Gasteiger partial charge on any atom is -0.478 e. The van der Waals surface area contributed by atoms with Crippen molar-refractivity contribution in [3.63, 3.8) is 0 Å². The van der Waals surface area contributed by atoms with E-state index < -0.39 is 5.97 Å². The van der Waals surface area contributed by atoms with Gasteiger partial charge in [-0.1, -0.05) is 61.2 Å². The first-order valence-electron chi connectivity index (χ1n) is 6.79. The fourth-order valence-electron chi connectivity index (χ4n) is 1.99. The lowest BCUT2D eigenvalue weighted by atomic mass is 9.97. The summed E-state index contributed by atoms with van der Waals surface area (Å²) in [6.07, 6.45) is 1.56. The van der Waals surface area contributed by atoms with Gasteiger partial charge in [-0.2, -0.15) is 0 Å². The number of carboxylic acid groups (broad SMARTS) is 1. The van der Waals surface area contributed by atoms with E-state index in [4.69, 9.17) is 5.11 Å². The van der Waals surface area contributed by atoms with Crippen molar-refractivity contribution in [1.82, 2.24) is 0 Å². The normalized spacial score (nSPS) is 11.0. The van der Waals surface area contributed by atoms with Gasteiger partial charge in [0.2, 0.25) is 0 Å². The molecule has 0 heterocycles. The van der Waals surface area contributed by atoms with E-state index in [2.05, 4.69) is 6.58 Å². The lowest BCUT2D eigenvalue weighted by molar-refractivity contribution is -0.132. The van der Waals surface area contributed by atoms with Crippen LogP contribution in [0.1, 0.15) is 28.4 Å². The van der Waals surface area contributed by atoms with Crippen molar-refractivity contribution in [1.29, 1.82) is 0 Å². The SMILES string of the molecule is C=C(C(=O)c1ccc(C=C(C)C(=O)O)cc1)c1ccccc1. The second-order valence-corrected chi connectivity index (χ2v) is 4.93.